The third-order valence-corrected chi connectivity index (χ3v) is 11.1. The lowest BCUT2D eigenvalue weighted by molar-refractivity contribution is -0.0558. The minimum atomic E-state index is -4.08. The summed E-state index contributed by atoms with van der Waals surface area (Å²) >= 11 is 5.39. The van der Waals surface area contributed by atoms with Gasteiger partial charge in [-0.25, -0.2) is 29.9 Å². The number of imidazole rings is 2. The Bertz CT molecular complexity index is 1860. The second kappa shape index (κ2) is 10.1. The zero-order valence-corrected chi connectivity index (χ0v) is 25.0. The molecule has 0 radical (unpaired) electrons. The van der Waals surface area contributed by atoms with Crippen molar-refractivity contribution in [2.24, 2.45) is 11.3 Å². The minimum Gasteiger partial charge on any atom is -0.388 e. The molecule has 11 atom stereocenters. The molecule has 4 aromatic rings. The van der Waals surface area contributed by atoms with Crippen LogP contribution in [-0.2, 0) is 39.2 Å². The Morgan fingerprint density at radius 3 is 2.36 bits per heavy atom. The van der Waals surface area contributed by atoms with Gasteiger partial charge in [-0.1, -0.05) is 0 Å². The van der Waals surface area contributed by atoms with Crippen LogP contribution in [0.2, 0.25) is 0 Å². The smallest absolute Gasteiger partial charge is 0.388 e. The van der Waals surface area contributed by atoms with Crippen LogP contribution >= 0.6 is 15.0 Å². The maximum Gasteiger partial charge on any atom is 0.697 e. The summed E-state index contributed by atoms with van der Waals surface area (Å²) in [7, 11) is -2.83. The summed E-state index contributed by atoms with van der Waals surface area (Å²) < 4.78 is 45.4. The first kappa shape index (κ1) is 28.6. The highest BCUT2D eigenvalue weighted by Crippen LogP contribution is 2.71. The molecule has 4 aromatic heterocycles. The van der Waals surface area contributed by atoms with Crippen LogP contribution in [0.25, 0.3) is 22.3 Å². The van der Waals surface area contributed by atoms with Crippen LogP contribution in [0.4, 0.5) is 11.6 Å². The number of nitrogens with two attached hydrogens (primary N) is 2. The van der Waals surface area contributed by atoms with Crippen molar-refractivity contribution < 1.29 is 42.5 Å². The van der Waals surface area contributed by atoms with Crippen molar-refractivity contribution in [3.63, 3.8) is 0 Å². The fourth-order valence-corrected chi connectivity index (χ4v) is 8.96. The Morgan fingerprint density at radius 2 is 1.66 bits per heavy atom. The van der Waals surface area contributed by atoms with Crippen molar-refractivity contribution >= 4 is 60.7 Å². The molecular formula is C22H25N10O9P2S+. The highest BCUT2D eigenvalue weighted by molar-refractivity contribution is 8.07. The maximum atomic E-state index is 13.1. The van der Waals surface area contributed by atoms with Crippen molar-refractivity contribution in [3.8, 4) is 0 Å². The Balaban J connectivity index is 1.12. The highest BCUT2D eigenvalue weighted by atomic mass is 32.5. The number of anilines is 2. The van der Waals surface area contributed by atoms with Gasteiger partial charge in [0.25, 0.3) is 0 Å². The van der Waals surface area contributed by atoms with Gasteiger partial charge in [-0.05, 0) is 24.1 Å². The molecule has 8 rings (SSSR count). The molecule has 22 heteroatoms. The van der Waals surface area contributed by atoms with Gasteiger partial charge in [-0.3, -0.25) is 9.09 Å². The van der Waals surface area contributed by atoms with Gasteiger partial charge in [-0.2, -0.15) is 0 Å². The lowest BCUT2D eigenvalue weighted by Crippen LogP contribution is -2.37. The Kier molecular flexibility index (Phi) is 6.54. The molecule has 4 fully saturated rings. The first-order valence-electron chi connectivity index (χ1n) is 13.4. The SMILES string of the molecule is Nc1ncnc2c1ncn2[C@H]1[C@H](O)[C@@H]2O[P+](=O)OC[C@H]3O[C@@H](n4cnc5c(N)ncnc54)[C@H](OP(O)(=S)OC[C@]24C[C@H]14)[C@@H]3O. The Labute approximate surface area is 252 Å². The summed E-state index contributed by atoms with van der Waals surface area (Å²) in [6.07, 6.45) is -1.30. The molecule has 2 aliphatic heterocycles. The molecule has 2 saturated heterocycles. The predicted octanol–water partition coefficient (Wildman–Crippen LogP) is -0.298. The largest absolute Gasteiger partial charge is 0.697 e. The van der Waals surface area contributed by atoms with Gasteiger partial charge in [-0.15, -0.1) is 9.05 Å². The van der Waals surface area contributed by atoms with Crippen LogP contribution in [0.3, 0.4) is 0 Å². The standard InChI is InChI=1S/C22H24N10O9P2S/c23-17-10-19(27-4-25-17)31(6-29-10)12-8-1-22(8)3-38-43(36,44)41-15-13(33)9(2-37-42(35)40-16(22)14(12)34)39-21(15)32-7-30-11-18(24)26-5-28-20(11)32/h4-9,12-16,21,33-34H,1-3H2,(H4-,23,24,25,26,27,28,36,44)/p+1/t8-,9-,12-,13-,14+,15-,16+,21-,22+,43?/m1/s1. The van der Waals surface area contributed by atoms with Crippen molar-refractivity contribution in [2.75, 3.05) is 24.7 Å². The fraction of sp³-hybridized carbons (Fsp3) is 0.545. The molecule has 6 heterocycles. The van der Waals surface area contributed by atoms with Crippen LogP contribution in [0.5, 0.6) is 0 Å². The van der Waals surface area contributed by atoms with Gasteiger partial charge >= 0.3 is 15.0 Å². The molecule has 19 nitrogen and oxygen atoms in total. The summed E-state index contributed by atoms with van der Waals surface area (Å²) in [5.74, 6) is 0.0293. The minimum absolute atomic E-state index is 0.126. The van der Waals surface area contributed by atoms with E-state index in [1.807, 2.05) is 0 Å². The van der Waals surface area contributed by atoms with E-state index in [1.165, 1.54) is 29.9 Å². The van der Waals surface area contributed by atoms with Crippen molar-refractivity contribution in [2.45, 2.75) is 49.2 Å². The average molecular weight is 668 g/mol. The number of aliphatic hydroxyl groups excluding tert-OH is 2. The molecule has 0 aromatic carbocycles. The summed E-state index contributed by atoms with van der Waals surface area (Å²) in [5, 5.41) is 22.7. The number of hydrogen-bond donors (Lipinski definition) is 5. The van der Waals surface area contributed by atoms with E-state index in [0.717, 1.165) is 0 Å². The van der Waals surface area contributed by atoms with E-state index in [4.69, 9.17) is 46.1 Å². The van der Waals surface area contributed by atoms with Gasteiger partial charge in [0.2, 0.25) is 0 Å². The van der Waals surface area contributed by atoms with Crippen LogP contribution < -0.4 is 11.5 Å². The van der Waals surface area contributed by atoms with Gasteiger partial charge in [0.15, 0.2) is 35.3 Å². The van der Waals surface area contributed by atoms with E-state index in [0.29, 0.717) is 17.6 Å². The monoisotopic (exact) mass is 667 g/mol. The number of aliphatic hydroxyl groups is 2. The van der Waals surface area contributed by atoms with Crippen LogP contribution in [0.15, 0.2) is 25.3 Å². The molecule has 2 unspecified atom stereocenters. The zero-order valence-electron chi connectivity index (χ0n) is 22.4. The maximum absolute atomic E-state index is 13.1. The lowest BCUT2D eigenvalue weighted by atomic mass is 10.0. The quantitative estimate of drug-likeness (QED) is 0.172. The number of ether oxygens (including phenoxy) is 1. The number of rotatable bonds is 2. The second-order valence-corrected chi connectivity index (χ2v) is 14.8. The van der Waals surface area contributed by atoms with Crippen molar-refractivity contribution in [1.29, 1.82) is 0 Å². The van der Waals surface area contributed by atoms with Crippen LogP contribution in [0.1, 0.15) is 18.7 Å². The normalized spacial score (nSPS) is 39.8. The van der Waals surface area contributed by atoms with Gasteiger partial charge in [0, 0.05) is 9.98 Å². The Hall–Kier alpha value is -2.87. The van der Waals surface area contributed by atoms with E-state index in [9.17, 15) is 19.7 Å². The predicted molar refractivity (Wildman–Crippen MR) is 151 cm³/mol. The molecule has 7 N–H and O–H groups in total. The molecule has 44 heavy (non-hydrogen) atoms. The van der Waals surface area contributed by atoms with Gasteiger partial charge in [0.1, 0.15) is 54.7 Å². The molecule has 232 valence electrons. The molecule has 1 spiro atoms. The third kappa shape index (κ3) is 4.29. The van der Waals surface area contributed by atoms with E-state index in [-0.39, 0.29) is 35.3 Å². The van der Waals surface area contributed by atoms with Gasteiger partial charge < -0.3 is 40.4 Å². The second-order valence-electron chi connectivity index (χ2n) is 11.1. The van der Waals surface area contributed by atoms with E-state index >= 15 is 0 Å². The van der Waals surface area contributed by atoms with E-state index in [1.54, 1.807) is 4.57 Å². The summed E-state index contributed by atoms with van der Waals surface area (Å²) in [6, 6.07) is -0.619. The summed E-state index contributed by atoms with van der Waals surface area (Å²) in [4.78, 5) is 36.2. The van der Waals surface area contributed by atoms with Crippen molar-refractivity contribution in [1.82, 2.24) is 39.0 Å². The van der Waals surface area contributed by atoms with Crippen LogP contribution in [0, 0.1) is 11.3 Å². The molecular weight excluding hydrogens is 642 g/mol. The Morgan fingerprint density at radius 1 is 1.00 bits per heavy atom. The number of hydrogen-bond acceptors (Lipinski definition) is 17. The summed E-state index contributed by atoms with van der Waals surface area (Å²) in [6.45, 7) is -4.68. The van der Waals surface area contributed by atoms with Crippen molar-refractivity contribution in [3.05, 3.63) is 25.3 Å². The number of nitrogen functional groups attached to an aromatic ring is 2. The zero-order chi connectivity index (χ0) is 30.5. The topological polar surface area (TPSA) is 263 Å². The van der Waals surface area contributed by atoms with E-state index < -0.39 is 69.8 Å². The average Bonchev–Trinajstić information content (AvgIpc) is 3.28. The third-order valence-electron chi connectivity index (χ3n) is 8.79. The molecule has 0 amide bonds. The summed E-state index contributed by atoms with van der Waals surface area (Å²) in [5.41, 5.74) is 12.3. The number of aromatic nitrogens is 8. The van der Waals surface area contributed by atoms with E-state index in [2.05, 4.69) is 29.9 Å². The first-order chi connectivity index (χ1) is 21.1. The fourth-order valence-electron chi connectivity index (χ4n) is 6.65. The molecule has 2 bridgehead atoms. The molecule has 4 aliphatic rings. The van der Waals surface area contributed by atoms with Gasteiger partial charge in [0.05, 0.1) is 25.3 Å². The first-order valence-corrected chi connectivity index (χ1v) is 17.1. The highest BCUT2D eigenvalue weighted by Gasteiger charge is 2.75. The molecule has 2 aliphatic carbocycles. The number of fused-ring (bicyclic) bond motifs is 4. The molecule has 2 saturated carbocycles. The van der Waals surface area contributed by atoms with Crippen LogP contribution in [-0.4, -0.2) is 97.9 Å². The lowest BCUT2D eigenvalue weighted by Gasteiger charge is -2.28. The number of nitrogens with zero attached hydrogens (tertiary/aromatic N) is 8.